The fourth-order valence-corrected chi connectivity index (χ4v) is 1.91. The summed E-state index contributed by atoms with van der Waals surface area (Å²) in [6, 6.07) is 0.0156. The van der Waals surface area contributed by atoms with Crippen LogP contribution in [0.5, 0.6) is 0 Å². The van der Waals surface area contributed by atoms with Crippen molar-refractivity contribution in [2.45, 2.75) is 18.9 Å². The number of piperidine rings is 1. The number of hydrogen-bond donors (Lipinski definition) is 2. The van der Waals surface area contributed by atoms with E-state index in [0.717, 1.165) is 6.20 Å². The van der Waals surface area contributed by atoms with Crippen molar-refractivity contribution in [2.75, 3.05) is 31.3 Å². The number of hydrogen-bond acceptors (Lipinski definition) is 5. The van der Waals surface area contributed by atoms with E-state index in [2.05, 4.69) is 20.6 Å². The van der Waals surface area contributed by atoms with Gasteiger partial charge in [0, 0.05) is 33.1 Å². The normalized spacial score (nSPS) is 19.8. The van der Waals surface area contributed by atoms with E-state index in [9.17, 15) is 9.18 Å². The summed E-state index contributed by atoms with van der Waals surface area (Å²) < 4.78 is 13.5. The lowest BCUT2D eigenvalue weighted by atomic mass is 10.1. The topological polar surface area (TPSA) is 70.2 Å². The van der Waals surface area contributed by atoms with Crippen molar-refractivity contribution in [3.63, 3.8) is 0 Å². The molecule has 1 aromatic heterocycles. The molecule has 1 fully saturated rings. The second-order valence-electron chi connectivity index (χ2n) is 4.29. The molecule has 1 aromatic rings. The van der Waals surface area contributed by atoms with Crippen LogP contribution in [0.25, 0.3) is 0 Å². The van der Waals surface area contributed by atoms with Crippen LogP contribution in [0.1, 0.15) is 12.8 Å². The summed E-state index contributed by atoms with van der Waals surface area (Å²) in [4.78, 5) is 20.8. The third kappa shape index (κ3) is 2.66. The highest BCUT2D eigenvalue weighted by Gasteiger charge is 2.23. The number of nitrogens with zero attached hydrogens (tertiary/aromatic N) is 3. The molecule has 1 atom stereocenters. The fourth-order valence-electron chi connectivity index (χ4n) is 1.91. The van der Waals surface area contributed by atoms with Gasteiger partial charge in [-0.05, 0) is 6.42 Å². The molecule has 2 N–H and O–H groups in total. The lowest BCUT2D eigenvalue weighted by molar-refractivity contribution is -0.132. The van der Waals surface area contributed by atoms with Gasteiger partial charge in [-0.2, -0.15) is 4.98 Å². The third-order valence-electron chi connectivity index (χ3n) is 2.94. The number of aromatic nitrogens is 2. The number of rotatable bonds is 3. The Labute approximate surface area is 105 Å². The Morgan fingerprint density at radius 1 is 1.56 bits per heavy atom. The second-order valence-corrected chi connectivity index (χ2v) is 4.29. The highest BCUT2D eigenvalue weighted by atomic mass is 19.1. The second kappa shape index (κ2) is 5.16. The Morgan fingerprint density at radius 3 is 3.00 bits per heavy atom. The molecular formula is C11H16FN5O. The molecule has 0 radical (unpaired) electrons. The van der Waals surface area contributed by atoms with Gasteiger partial charge >= 0.3 is 0 Å². The van der Waals surface area contributed by atoms with E-state index in [1.165, 1.54) is 0 Å². The molecule has 0 aromatic carbocycles. The molecule has 1 saturated heterocycles. The summed E-state index contributed by atoms with van der Waals surface area (Å²) in [6.45, 7) is 0.553. The molecule has 2 rings (SSSR count). The van der Waals surface area contributed by atoms with Gasteiger partial charge in [0.15, 0.2) is 11.6 Å². The smallest absolute Gasteiger partial charge is 0.224 e. The van der Waals surface area contributed by atoms with Gasteiger partial charge < -0.3 is 15.5 Å². The monoisotopic (exact) mass is 253 g/mol. The average molecular weight is 253 g/mol. The lowest BCUT2D eigenvalue weighted by Gasteiger charge is -2.30. The minimum Gasteiger partial charge on any atom is -0.363 e. The van der Waals surface area contributed by atoms with Crippen LogP contribution in [0.15, 0.2) is 6.20 Å². The van der Waals surface area contributed by atoms with Crippen LogP contribution in [0, 0.1) is 5.82 Å². The van der Waals surface area contributed by atoms with Crippen LogP contribution >= 0.6 is 0 Å². The summed E-state index contributed by atoms with van der Waals surface area (Å²) in [6.07, 6.45) is 2.28. The van der Waals surface area contributed by atoms with E-state index in [0.29, 0.717) is 25.3 Å². The molecule has 1 aliphatic rings. The molecule has 0 aliphatic carbocycles. The predicted molar refractivity (Wildman–Crippen MR) is 65.8 cm³/mol. The standard InChI is InChI=1S/C11H16FN5O/c1-13-11-14-5-8(12)10(16-11)15-7-3-4-9(18)17(2)6-7/h5,7H,3-4,6H2,1-2H3,(H2,13,14,15,16). The molecule has 0 bridgehead atoms. The van der Waals surface area contributed by atoms with E-state index in [-0.39, 0.29) is 17.8 Å². The number of likely N-dealkylation sites (tertiary alicyclic amines) is 1. The van der Waals surface area contributed by atoms with Crippen molar-refractivity contribution in [1.29, 1.82) is 0 Å². The number of anilines is 2. The molecule has 1 unspecified atom stereocenters. The van der Waals surface area contributed by atoms with Crippen LogP contribution in [-0.2, 0) is 4.79 Å². The van der Waals surface area contributed by atoms with Gasteiger partial charge in [-0.3, -0.25) is 4.79 Å². The molecule has 2 heterocycles. The first kappa shape index (κ1) is 12.5. The minimum absolute atomic E-state index is 0.0156. The first-order chi connectivity index (χ1) is 8.60. The fraction of sp³-hybridized carbons (Fsp3) is 0.545. The van der Waals surface area contributed by atoms with Gasteiger partial charge in [-0.25, -0.2) is 9.37 Å². The van der Waals surface area contributed by atoms with Crippen LogP contribution in [0.4, 0.5) is 16.2 Å². The highest BCUT2D eigenvalue weighted by Crippen LogP contribution is 2.17. The molecule has 0 spiro atoms. The Kier molecular flexibility index (Phi) is 3.59. The molecule has 1 amide bonds. The zero-order valence-corrected chi connectivity index (χ0v) is 10.4. The molecule has 6 nitrogen and oxygen atoms in total. The van der Waals surface area contributed by atoms with E-state index < -0.39 is 5.82 Å². The molecule has 1 aliphatic heterocycles. The molecule has 18 heavy (non-hydrogen) atoms. The van der Waals surface area contributed by atoms with Crippen LogP contribution in [0.3, 0.4) is 0 Å². The minimum atomic E-state index is -0.492. The van der Waals surface area contributed by atoms with Crippen molar-refractivity contribution >= 4 is 17.7 Å². The first-order valence-corrected chi connectivity index (χ1v) is 5.81. The number of likely N-dealkylation sites (N-methyl/N-ethyl adjacent to an activating group) is 1. The van der Waals surface area contributed by atoms with Gasteiger partial charge in [0.2, 0.25) is 11.9 Å². The average Bonchev–Trinajstić information content (AvgIpc) is 2.36. The number of nitrogens with one attached hydrogen (secondary N) is 2. The van der Waals surface area contributed by atoms with Gasteiger partial charge in [-0.1, -0.05) is 0 Å². The first-order valence-electron chi connectivity index (χ1n) is 5.81. The lowest BCUT2D eigenvalue weighted by Crippen LogP contribution is -2.43. The van der Waals surface area contributed by atoms with Crippen LogP contribution in [-0.4, -0.2) is 47.5 Å². The maximum atomic E-state index is 13.5. The van der Waals surface area contributed by atoms with Crippen LogP contribution < -0.4 is 10.6 Å². The van der Waals surface area contributed by atoms with E-state index in [1.807, 2.05) is 0 Å². The molecule has 0 saturated carbocycles. The van der Waals surface area contributed by atoms with Gasteiger partial charge in [-0.15, -0.1) is 0 Å². The largest absolute Gasteiger partial charge is 0.363 e. The summed E-state index contributed by atoms with van der Waals surface area (Å²) in [5.74, 6) is 0.155. The van der Waals surface area contributed by atoms with E-state index in [1.54, 1.807) is 19.0 Å². The van der Waals surface area contributed by atoms with E-state index >= 15 is 0 Å². The zero-order chi connectivity index (χ0) is 13.1. The predicted octanol–water partition coefficient (Wildman–Crippen LogP) is 0.690. The number of carbonyl (C=O) groups excluding carboxylic acids is 1. The summed E-state index contributed by atoms with van der Waals surface area (Å²) in [7, 11) is 3.41. The zero-order valence-electron chi connectivity index (χ0n) is 10.4. The van der Waals surface area contributed by atoms with Gasteiger partial charge in [0.05, 0.1) is 6.20 Å². The Hall–Kier alpha value is -1.92. The number of carbonyl (C=O) groups is 1. The molecule has 7 heteroatoms. The van der Waals surface area contributed by atoms with Gasteiger partial charge in [0.25, 0.3) is 0 Å². The van der Waals surface area contributed by atoms with Crippen molar-refractivity contribution in [1.82, 2.24) is 14.9 Å². The number of halogens is 1. The Bertz CT molecular complexity index is 453. The quantitative estimate of drug-likeness (QED) is 0.829. The van der Waals surface area contributed by atoms with Crippen molar-refractivity contribution in [2.24, 2.45) is 0 Å². The molecule has 98 valence electrons. The van der Waals surface area contributed by atoms with Gasteiger partial charge in [0.1, 0.15) is 0 Å². The Morgan fingerprint density at radius 2 is 2.33 bits per heavy atom. The highest BCUT2D eigenvalue weighted by molar-refractivity contribution is 5.77. The summed E-state index contributed by atoms with van der Waals surface area (Å²) >= 11 is 0. The maximum Gasteiger partial charge on any atom is 0.224 e. The third-order valence-corrected chi connectivity index (χ3v) is 2.94. The number of amides is 1. The molecular weight excluding hydrogens is 237 g/mol. The van der Waals surface area contributed by atoms with Crippen LogP contribution in [0.2, 0.25) is 0 Å². The van der Waals surface area contributed by atoms with Crippen molar-refractivity contribution in [3.05, 3.63) is 12.0 Å². The SMILES string of the molecule is CNc1ncc(F)c(NC2CCC(=O)N(C)C2)n1. The van der Waals surface area contributed by atoms with E-state index in [4.69, 9.17) is 0 Å². The Balaban J connectivity index is 2.07. The van der Waals surface area contributed by atoms with Crippen molar-refractivity contribution in [3.8, 4) is 0 Å². The maximum absolute atomic E-state index is 13.5. The van der Waals surface area contributed by atoms with Crippen molar-refractivity contribution < 1.29 is 9.18 Å². The summed E-state index contributed by atoms with van der Waals surface area (Å²) in [5.41, 5.74) is 0. The summed E-state index contributed by atoms with van der Waals surface area (Å²) in [5, 5.41) is 5.77.